The van der Waals surface area contributed by atoms with E-state index in [4.69, 9.17) is 12.3 Å². The Hall–Kier alpha value is 2.14. The Kier molecular flexibility index (Phi) is 22.3. The molecule has 0 N–H and O–H groups in total. The van der Waals surface area contributed by atoms with Crippen molar-refractivity contribution in [1.29, 1.82) is 0 Å². The van der Waals surface area contributed by atoms with Crippen molar-refractivity contribution in [3.8, 4) is 0 Å². The molecular weight excluding hydrogens is 1090 g/mol. The maximum Gasteiger partial charge on any atom is 0.173 e. The van der Waals surface area contributed by atoms with Gasteiger partial charge in [-0.25, -0.2) is 0 Å². The van der Waals surface area contributed by atoms with E-state index in [1.54, 1.807) is 0 Å². The summed E-state index contributed by atoms with van der Waals surface area (Å²) < 4.78 is 22.8. The van der Waals surface area contributed by atoms with Gasteiger partial charge in [-0.05, 0) is 115 Å². The lowest BCUT2D eigenvalue weighted by atomic mass is 10.4. The lowest BCUT2D eigenvalue weighted by molar-refractivity contribution is 0.540. The van der Waals surface area contributed by atoms with Gasteiger partial charge in [0.05, 0.1) is 16.1 Å². The second-order valence-electron chi connectivity index (χ2n) is 34.0. The van der Waals surface area contributed by atoms with E-state index in [1.165, 1.54) is 145 Å². The van der Waals surface area contributed by atoms with Gasteiger partial charge < -0.3 is 12.3 Å². The highest BCUT2D eigenvalue weighted by Gasteiger charge is 2.47. The molecule has 0 aromatic heterocycles. The van der Waals surface area contributed by atoms with Crippen LogP contribution in [0.3, 0.4) is 0 Å². The van der Waals surface area contributed by atoms with Crippen molar-refractivity contribution in [2.75, 3.05) is 0 Å². The lowest BCUT2D eigenvalue weighted by Crippen LogP contribution is -2.54. The molecule has 6 aliphatic rings. The minimum absolute atomic E-state index is 1.38. The highest BCUT2D eigenvalue weighted by molar-refractivity contribution is 6.99. The quantitative estimate of drug-likeness (QED) is 0.242. The SMILES string of the molecule is C[Si]1(C)CC[Si](C)(C)O[Si](C)(C)CC[Si](C)(C)CC[Si]23CC[Si](C)(C)CC[Si](C)(C)O[Si](C)(C)CC[Si](C)(C)CC[Si](CC1)(CC[Si](C)(C)CC[Si](C)(C)O[Si](C)(C)CC[Si](C)(C)CC2)c1ccc3cc1. The normalized spacial score (nSPS) is 32.7. The van der Waals surface area contributed by atoms with Crippen LogP contribution in [0.15, 0.2) is 24.3 Å². The molecule has 71 heavy (non-hydrogen) atoms. The molecule has 414 valence electrons. The Bertz CT molecular complexity index is 1550. The molecule has 0 unspecified atom stereocenters. The van der Waals surface area contributed by atoms with Crippen molar-refractivity contribution < 1.29 is 12.3 Å². The van der Waals surface area contributed by atoms with Crippen LogP contribution in [0.2, 0.25) is 302 Å². The van der Waals surface area contributed by atoms with E-state index >= 15 is 0 Å². The maximum atomic E-state index is 7.61. The van der Waals surface area contributed by atoms with Crippen LogP contribution in [0, 0.1) is 0 Å². The molecule has 4 bridgehead atoms. The van der Waals surface area contributed by atoms with Gasteiger partial charge in [-0.15, -0.1) is 0 Å². The highest BCUT2D eigenvalue weighted by atomic mass is 28.4. The van der Waals surface area contributed by atoms with Crippen molar-refractivity contribution in [3.05, 3.63) is 24.3 Å². The smallest absolute Gasteiger partial charge is 0.173 e. The highest BCUT2D eigenvalue weighted by Crippen LogP contribution is 2.43. The molecule has 3 nitrogen and oxygen atoms in total. The van der Waals surface area contributed by atoms with Crippen LogP contribution in [0.5, 0.6) is 0 Å². The molecule has 6 aliphatic heterocycles. The maximum absolute atomic E-state index is 7.61. The van der Waals surface area contributed by atoms with E-state index in [0.29, 0.717) is 0 Å². The fraction of sp³-hybridized carbons (Fsp3) is 0.889. The number of hydrogen-bond donors (Lipinski definition) is 0. The topological polar surface area (TPSA) is 27.7 Å². The monoisotopic (exact) mass is 1210 g/mol. The largest absolute Gasteiger partial charge is 0.456 e. The summed E-state index contributed by atoms with van der Waals surface area (Å²) in [6, 6.07) is 47.2. The summed E-state index contributed by atoms with van der Waals surface area (Å²) in [7, 11) is -23.6. The molecule has 6 heterocycles. The second kappa shape index (κ2) is 24.1. The molecule has 0 atom stereocenters. The van der Waals surface area contributed by atoms with Crippen LogP contribution < -0.4 is 10.4 Å². The number of fused-ring (bicyclic) bond motifs is 36. The summed E-state index contributed by atoms with van der Waals surface area (Å²) in [5.74, 6) is 0. The van der Waals surface area contributed by atoms with E-state index < -0.39 is 114 Å². The van der Waals surface area contributed by atoms with Gasteiger partial charge in [-0.3, -0.25) is 0 Å². The molecule has 1 aromatic carbocycles. The Labute approximate surface area is 459 Å². The Balaban J connectivity index is 2.08. The van der Waals surface area contributed by atoms with Crippen LogP contribution >= 0.6 is 0 Å². The molecule has 0 saturated heterocycles. The third-order valence-corrected chi connectivity index (χ3v) is 77.5. The Morgan fingerprint density at radius 1 is 0.197 bits per heavy atom. The molecule has 0 saturated carbocycles. The summed E-state index contributed by atoms with van der Waals surface area (Å²) in [5, 5.41) is 3.80. The molecule has 0 spiro atoms. The van der Waals surface area contributed by atoms with E-state index in [-0.39, 0.29) is 0 Å². The summed E-state index contributed by atoms with van der Waals surface area (Å²) in [5.41, 5.74) is 0. The predicted octanol–water partition coefficient (Wildman–Crippen LogP) is 19.6. The minimum Gasteiger partial charge on any atom is -0.456 e. The van der Waals surface area contributed by atoms with Crippen molar-refractivity contribution in [1.82, 2.24) is 0 Å². The third-order valence-electron chi connectivity index (χ3n) is 19.9. The zero-order valence-corrected chi connectivity index (χ0v) is 66.5. The van der Waals surface area contributed by atoms with Gasteiger partial charge in [-0.1, -0.05) is 222 Å². The van der Waals surface area contributed by atoms with Gasteiger partial charge in [0.2, 0.25) is 0 Å². The van der Waals surface area contributed by atoms with Crippen LogP contribution in [-0.2, 0) is 12.3 Å². The molecule has 17 heteroatoms. The van der Waals surface area contributed by atoms with Crippen LogP contribution in [-0.4, -0.2) is 114 Å². The average Bonchev–Trinajstić information content (AvgIpc) is 3.21. The van der Waals surface area contributed by atoms with Crippen LogP contribution in [0.25, 0.3) is 0 Å². The minimum atomic E-state index is -1.94. The first kappa shape index (κ1) is 65.7. The summed E-state index contributed by atoms with van der Waals surface area (Å²) in [4.78, 5) is 0. The fourth-order valence-corrected chi connectivity index (χ4v) is 98.7. The van der Waals surface area contributed by atoms with Gasteiger partial charge >= 0.3 is 0 Å². The molecule has 0 aliphatic carbocycles. The van der Waals surface area contributed by atoms with E-state index in [1.807, 2.05) is 10.4 Å². The van der Waals surface area contributed by atoms with E-state index in [2.05, 4.69) is 181 Å². The Morgan fingerprint density at radius 2 is 0.324 bits per heavy atom. The standard InChI is InChI=1S/C54H124O3Si14/c1-58(2)29-41-64(13,14)55-65(15,16)42-30-61(7,8)38-50-71-51-39-62(9,10)33-45-68(21,22)56-66(17,18)43-31-59(3,4)36-48-70(47-35-58,53-25-27-54(71)28-26-53)49-37-60(5,6)32-44-67(19,20)57-69(23,24)46-34-63(11,12)40-52-71/h25-28H,29-52H2,1-24H3. The molecule has 0 radical (unpaired) electrons. The van der Waals surface area contributed by atoms with Crippen molar-refractivity contribution in [2.24, 2.45) is 0 Å². The number of hydrogen-bond acceptors (Lipinski definition) is 3. The predicted molar refractivity (Wildman–Crippen MR) is 366 cm³/mol. The van der Waals surface area contributed by atoms with Crippen LogP contribution in [0.1, 0.15) is 0 Å². The molecule has 0 fully saturated rings. The third kappa shape index (κ3) is 22.3. The molecular formula is C54H124O3Si14. The summed E-state index contributed by atoms with van der Waals surface area (Å²) in [6.07, 6.45) is 0. The lowest BCUT2D eigenvalue weighted by Gasteiger charge is -2.41. The molecule has 1 aromatic rings. The van der Waals surface area contributed by atoms with Gasteiger partial charge in [0.1, 0.15) is 0 Å². The van der Waals surface area contributed by atoms with Gasteiger partial charge in [0.25, 0.3) is 0 Å². The first-order valence-corrected chi connectivity index (χ1v) is 74.5. The van der Waals surface area contributed by atoms with Crippen molar-refractivity contribution in [3.63, 3.8) is 0 Å². The van der Waals surface area contributed by atoms with Crippen molar-refractivity contribution in [2.45, 2.75) is 302 Å². The zero-order chi connectivity index (χ0) is 54.1. The number of rotatable bonds is 0. The number of benzene rings is 1. The van der Waals surface area contributed by atoms with Gasteiger partial charge in [-0.2, -0.15) is 0 Å². The zero-order valence-electron chi connectivity index (χ0n) is 52.5. The Morgan fingerprint density at radius 3 is 0.465 bits per heavy atom. The van der Waals surface area contributed by atoms with Gasteiger partial charge in [0, 0.05) is 48.4 Å². The average molecular weight is 1210 g/mol. The fourth-order valence-electron chi connectivity index (χ4n) is 13.4. The van der Waals surface area contributed by atoms with Crippen LogP contribution in [0.4, 0.5) is 0 Å². The first-order chi connectivity index (χ1) is 31.8. The first-order valence-electron chi connectivity index (χ1n) is 30.0. The van der Waals surface area contributed by atoms with Gasteiger partial charge in [0.15, 0.2) is 49.9 Å². The summed E-state index contributed by atoms with van der Waals surface area (Å²) in [6.45, 7) is 65.4. The van der Waals surface area contributed by atoms with Crippen molar-refractivity contribution >= 4 is 125 Å². The molecule has 7 rings (SSSR count). The van der Waals surface area contributed by atoms with E-state index in [9.17, 15) is 0 Å². The van der Waals surface area contributed by atoms with E-state index in [0.717, 1.165) is 0 Å². The molecule has 0 amide bonds. The summed E-state index contributed by atoms with van der Waals surface area (Å²) >= 11 is 0. The second-order valence-corrected chi connectivity index (χ2v) is 102.